The number of amides is 1. The summed E-state index contributed by atoms with van der Waals surface area (Å²) >= 11 is 0. The Kier molecular flexibility index (Phi) is 6.96. The van der Waals surface area contributed by atoms with Crippen molar-refractivity contribution in [1.82, 2.24) is 10.3 Å². The smallest absolute Gasteiger partial charge is 0.341 e. The fourth-order valence-electron chi connectivity index (χ4n) is 2.21. The molecule has 1 heterocycles. The fraction of sp³-hybridized carbons (Fsp3) is 0.316. The first-order valence-corrected chi connectivity index (χ1v) is 8.29. The molecule has 1 amide bonds. The van der Waals surface area contributed by atoms with Gasteiger partial charge in [-0.15, -0.1) is 0 Å². The topological polar surface area (TPSA) is 97.8 Å². The first-order chi connectivity index (χ1) is 12.5. The second-order valence-electron chi connectivity index (χ2n) is 5.85. The maximum absolute atomic E-state index is 12.3. The number of pyridine rings is 1. The van der Waals surface area contributed by atoms with Crippen molar-refractivity contribution in [2.24, 2.45) is 0 Å². The van der Waals surface area contributed by atoms with E-state index in [1.165, 1.54) is 0 Å². The molecule has 0 bridgehead atoms. The number of aliphatic carboxylic acids is 1. The van der Waals surface area contributed by atoms with E-state index in [4.69, 9.17) is 14.6 Å². The van der Waals surface area contributed by atoms with Gasteiger partial charge >= 0.3 is 5.97 Å². The van der Waals surface area contributed by atoms with E-state index in [-0.39, 0.29) is 24.3 Å². The molecule has 0 aliphatic rings. The maximum Gasteiger partial charge on any atom is 0.341 e. The van der Waals surface area contributed by atoms with Crippen LogP contribution in [0.4, 0.5) is 0 Å². The van der Waals surface area contributed by atoms with Crippen LogP contribution in [-0.4, -0.2) is 41.2 Å². The third-order valence-electron chi connectivity index (χ3n) is 3.33. The van der Waals surface area contributed by atoms with Crippen molar-refractivity contribution < 1.29 is 24.2 Å². The van der Waals surface area contributed by atoms with Crippen LogP contribution in [0.1, 0.15) is 29.9 Å². The summed E-state index contributed by atoms with van der Waals surface area (Å²) in [6, 6.07) is 10.5. The van der Waals surface area contributed by atoms with Crippen LogP contribution in [0.5, 0.6) is 11.5 Å². The zero-order chi connectivity index (χ0) is 18.9. The highest BCUT2D eigenvalue weighted by atomic mass is 16.5. The number of nitrogens with one attached hydrogen (secondary N) is 1. The molecule has 0 spiro atoms. The van der Waals surface area contributed by atoms with Crippen molar-refractivity contribution in [1.29, 1.82) is 0 Å². The standard InChI is InChI=1S/C19H22N2O5/c1-13(2)26-16-4-3-10-20-18(16)19(24)21-11-9-14-5-7-15(8-6-14)25-12-17(22)23/h3-8,10,13H,9,11-12H2,1-2H3,(H,21,24)(H,22,23). The first kappa shape index (κ1) is 19.2. The van der Waals surface area contributed by atoms with E-state index in [1.54, 1.807) is 30.5 Å². The Labute approximate surface area is 152 Å². The van der Waals surface area contributed by atoms with Crippen LogP contribution >= 0.6 is 0 Å². The summed E-state index contributed by atoms with van der Waals surface area (Å²) in [4.78, 5) is 26.9. The second-order valence-corrected chi connectivity index (χ2v) is 5.85. The molecule has 26 heavy (non-hydrogen) atoms. The number of carboxylic acids is 1. The zero-order valence-corrected chi connectivity index (χ0v) is 14.8. The van der Waals surface area contributed by atoms with Crippen molar-refractivity contribution >= 4 is 11.9 Å². The number of ether oxygens (including phenoxy) is 2. The minimum atomic E-state index is -1.02. The number of benzene rings is 1. The average Bonchev–Trinajstić information content (AvgIpc) is 2.61. The molecule has 0 aliphatic heterocycles. The Bertz CT molecular complexity index is 744. The number of hydrogen-bond acceptors (Lipinski definition) is 5. The molecule has 2 aromatic rings. The molecule has 7 heteroatoms. The van der Waals surface area contributed by atoms with Crippen molar-refractivity contribution in [3.05, 3.63) is 53.9 Å². The van der Waals surface area contributed by atoms with Gasteiger partial charge in [-0.1, -0.05) is 12.1 Å². The van der Waals surface area contributed by atoms with Crippen LogP contribution in [0.2, 0.25) is 0 Å². The molecule has 0 unspecified atom stereocenters. The monoisotopic (exact) mass is 358 g/mol. The van der Waals surface area contributed by atoms with E-state index in [0.29, 0.717) is 24.5 Å². The number of rotatable bonds is 9. The number of carbonyl (C=O) groups is 2. The highest BCUT2D eigenvalue weighted by Gasteiger charge is 2.14. The third kappa shape index (κ3) is 6.08. The van der Waals surface area contributed by atoms with Gasteiger partial charge in [0.05, 0.1) is 6.10 Å². The summed E-state index contributed by atoms with van der Waals surface area (Å²) in [5.74, 6) is -0.362. The SMILES string of the molecule is CC(C)Oc1cccnc1C(=O)NCCc1ccc(OCC(=O)O)cc1. The highest BCUT2D eigenvalue weighted by Crippen LogP contribution is 2.17. The zero-order valence-electron chi connectivity index (χ0n) is 14.8. The maximum atomic E-state index is 12.3. The van der Waals surface area contributed by atoms with E-state index in [0.717, 1.165) is 5.56 Å². The van der Waals surface area contributed by atoms with Crippen molar-refractivity contribution in [2.75, 3.05) is 13.2 Å². The number of carbonyl (C=O) groups excluding carboxylic acids is 1. The summed E-state index contributed by atoms with van der Waals surface area (Å²) in [6.07, 6.45) is 2.13. The largest absolute Gasteiger partial charge is 0.489 e. The molecule has 2 rings (SSSR count). The van der Waals surface area contributed by atoms with Crippen LogP contribution < -0.4 is 14.8 Å². The minimum absolute atomic E-state index is 0.0485. The van der Waals surface area contributed by atoms with Crippen molar-refractivity contribution in [3.8, 4) is 11.5 Å². The summed E-state index contributed by atoms with van der Waals surface area (Å²) in [7, 11) is 0. The van der Waals surface area contributed by atoms with Gasteiger partial charge in [0, 0.05) is 12.7 Å². The van der Waals surface area contributed by atoms with Gasteiger partial charge in [-0.2, -0.15) is 0 Å². The molecule has 2 N–H and O–H groups in total. The number of hydrogen-bond donors (Lipinski definition) is 2. The summed E-state index contributed by atoms with van der Waals surface area (Å²) in [6.45, 7) is 3.84. The number of aromatic nitrogens is 1. The molecule has 0 aliphatic carbocycles. The summed E-state index contributed by atoms with van der Waals surface area (Å²) < 4.78 is 10.7. The Morgan fingerprint density at radius 1 is 1.19 bits per heavy atom. The predicted octanol–water partition coefficient (Wildman–Crippen LogP) is 2.30. The van der Waals surface area contributed by atoms with Crippen LogP contribution in [0.3, 0.4) is 0 Å². The van der Waals surface area contributed by atoms with Crippen LogP contribution in [0.25, 0.3) is 0 Å². The molecule has 1 aromatic carbocycles. The van der Waals surface area contributed by atoms with Crippen LogP contribution in [0.15, 0.2) is 42.6 Å². The van der Waals surface area contributed by atoms with Crippen LogP contribution in [-0.2, 0) is 11.2 Å². The Morgan fingerprint density at radius 3 is 2.58 bits per heavy atom. The van der Waals surface area contributed by atoms with Crippen molar-refractivity contribution in [2.45, 2.75) is 26.4 Å². The lowest BCUT2D eigenvalue weighted by Crippen LogP contribution is -2.27. The van der Waals surface area contributed by atoms with Gasteiger partial charge in [-0.05, 0) is 50.1 Å². The highest BCUT2D eigenvalue weighted by molar-refractivity contribution is 5.94. The molecule has 138 valence electrons. The minimum Gasteiger partial charge on any atom is -0.489 e. The van der Waals surface area contributed by atoms with Gasteiger partial charge < -0.3 is 19.9 Å². The Hall–Kier alpha value is -3.09. The Morgan fingerprint density at radius 2 is 1.92 bits per heavy atom. The van der Waals surface area contributed by atoms with E-state index < -0.39 is 5.97 Å². The fourth-order valence-corrected chi connectivity index (χ4v) is 2.21. The molecule has 0 radical (unpaired) electrons. The van der Waals surface area contributed by atoms with E-state index in [2.05, 4.69) is 10.3 Å². The lowest BCUT2D eigenvalue weighted by Gasteiger charge is -2.13. The van der Waals surface area contributed by atoms with Gasteiger partial charge in [0.1, 0.15) is 5.75 Å². The predicted molar refractivity (Wildman–Crippen MR) is 95.6 cm³/mol. The van der Waals surface area contributed by atoms with E-state index in [9.17, 15) is 9.59 Å². The average molecular weight is 358 g/mol. The van der Waals surface area contributed by atoms with Crippen molar-refractivity contribution in [3.63, 3.8) is 0 Å². The molecule has 0 fully saturated rings. The second kappa shape index (κ2) is 9.41. The van der Waals surface area contributed by atoms with E-state index >= 15 is 0 Å². The van der Waals surface area contributed by atoms with Gasteiger partial charge in [-0.3, -0.25) is 4.79 Å². The number of nitrogens with zero attached hydrogens (tertiary/aromatic N) is 1. The molecule has 1 aromatic heterocycles. The van der Waals surface area contributed by atoms with Gasteiger partial charge in [0.15, 0.2) is 18.1 Å². The van der Waals surface area contributed by atoms with E-state index in [1.807, 2.05) is 26.0 Å². The van der Waals surface area contributed by atoms with Gasteiger partial charge in [-0.25, -0.2) is 9.78 Å². The molecular weight excluding hydrogens is 336 g/mol. The quantitative estimate of drug-likeness (QED) is 0.714. The molecule has 7 nitrogen and oxygen atoms in total. The lowest BCUT2D eigenvalue weighted by molar-refractivity contribution is -0.139. The van der Waals surface area contributed by atoms with Crippen LogP contribution in [0, 0.1) is 0 Å². The lowest BCUT2D eigenvalue weighted by atomic mass is 10.1. The van der Waals surface area contributed by atoms with Gasteiger partial charge in [0.2, 0.25) is 0 Å². The summed E-state index contributed by atoms with van der Waals surface area (Å²) in [5.41, 5.74) is 1.26. The van der Waals surface area contributed by atoms with Gasteiger partial charge in [0.25, 0.3) is 5.91 Å². The summed E-state index contributed by atoms with van der Waals surface area (Å²) in [5, 5.41) is 11.4. The Balaban J connectivity index is 1.86. The molecule has 0 atom stereocenters. The molecule has 0 saturated carbocycles. The molecule has 0 saturated heterocycles. The molecular formula is C19H22N2O5. The third-order valence-corrected chi connectivity index (χ3v) is 3.33. The first-order valence-electron chi connectivity index (χ1n) is 8.29. The normalized spacial score (nSPS) is 10.4. The number of carboxylic acid groups (broad SMARTS) is 1.